The van der Waals surface area contributed by atoms with Crippen molar-refractivity contribution in [1.29, 1.82) is 0 Å². The van der Waals surface area contributed by atoms with Gasteiger partial charge in [-0.2, -0.15) is 25.3 Å². The molecule has 5 heterocycles. The molecule has 9 rings (SSSR count). The molecule has 0 spiro atoms. The Morgan fingerprint density at radius 2 is 1.17 bits per heavy atom. The highest BCUT2D eigenvalue weighted by Gasteiger charge is 2.69. The Labute approximate surface area is 575 Å². The SMILES string of the molecule is COC1C(O)[C@H](OC2C(O)[C@H](O[C@@H]3C(C)O[C@@H](OC4C(O)[C@H](OS(=O)(=O)O)CO[C@H]4OC4CCC5(C)C6=CCC7(C)C([C@@](C)(O)[C@@H](CC=C(C)C)OC(C)=O)CC[C@@]7(C)C6CCC5C4(C)C)C(O[C@@H]4OC[C@@H](O)C(O)C4O)C3O)OC(COS(=O)(=O)O)[C@H]2O)OC(COS(=O)(=O)O)[C@H]1O. The second-order valence-corrected chi connectivity index (χ2v) is 32.7. The van der Waals surface area contributed by atoms with Crippen molar-refractivity contribution < 1.29 is 164 Å². The summed E-state index contributed by atoms with van der Waals surface area (Å²) in [5.41, 5.74) is -0.796. The van der Waals surface area contributed by atoms with Gasteiger partial charge in [0.1, 0.15) is 115 Å². The van der Waals surface area contributed by atoms with Crippen LogP contribution in [0.15, 0.2) is 23.3 Å². The van der Waals surface area contributed by atoms with Crippen LogP contribution >= 0.6 is 0 Å². The Morgan fingerprint density at radius 1 is 0.616 bits per heavy atom. The molecule has 4 aliphatic carbocycles. The molecule has 572 valence electrons. The first-order valence-electron chi connectivity index (χ1n) is 33.0. The zero-order valence-corrected chi connectivity index (χ0v) is 59.3. The molecule has 0 bridgehead atoms. The second-order valence-electron chi connectivity index (χ2n) is 29.5. The van der Waals surface area contributed by atoms with Crippen LogP contribution in [0.3, 0.4) is 0 Å². The van der Waals surface area contributed by atoms with Crippen molar-refractivity contribution in [3.63, 3.8) is 0 Å². The van der Waals surface area contributed by atoms with Crippen molar-refractivity contribution in [1.82, 2.24) is 0 Å². The van der Waals surface area contributed by atoms with E-state index in [0.29, 0.717) is 32.1 Å². The van der Waals surface area contributed by atoms with Crippen LogP contribution in [-0.4, -0.2) is 289 Å². The van der Waals surface area contributed by atoms with Crippen LogP contribution in [0, 0.1) is 39.4 Å². The van der Waals surface area contributed by atoms with E-state index in [1.165, 1.54) is 19.4 Å². The first kappa shape index (κ1) is 80.8. The fourth-order valence-electron chi connectivity index (χ4n) is 17.5. The fraction of sp³-hybridized carbons (Fsp3) is 0.918. The van der Waals surface area contributed by atoms with E-state index >= 15 is 0 Å². The highest BCUT2D eigenvalue weighted by Crippen LogP contribution is 2.74. The summed E-state index contributed by atoms with van der Waals surface area (Å²) in [6.07, 6.45) is -37.8. The zero-order valence-electron chi connectivity index (χ0n) is 56.8. The molecule has 13 N–H and O–H groups in total. The van der Waals surface area contributed by atoms with E-state index in [2.05, 4.69) is 49.1 Å². The number of ether oxygens (including phenoxy) is 12. The minimum atomic E-state index is -5.33. The topological polar surface area (TPSA) is 521 Å². The van der Waals surface area contributed by atoms with E-state index in [4.69, 9.17) is 61.0 Å². The summed E-state index contributed by atoms with van der Waals surface area (Å²) in [7, 11) is -14.8. The van der Waals surface area contributed by atoms with Gasteiger partial charge in [-0.1, -0.05) is 57.9 Å². The molecule has 0 amide bonds. The third kappa shape index (κ3) is 16.8. The van der Waals surface area contributed by atoms with Crippen LogP contribution < -0.4 is 0 Å². The minimum Gasteiger partial charge on any atom is -0.459 e. The third-order valence-electron chi connectivity index (χ3n) is 22.8. The summed E-state index contributed by atoms with van der Waals surface area (Å²) in [4.78, 5) is 12.5. The normalized spacial score (nSPS) is 46.0. The number of hydrogen-bond acceptors (Lipinski definition) is 32. The van der Waals surface area contributed by atoms with Crippen molar-refractivity contribution in [3.05, 3.63) is 23.3 Å². The van der Waals surface area contributed by atoms with Crippen LogP contribution in [0.5, 0.6) is 0 Å². The molecule has 35 nitrogen and oxygen atoms in total. The molecule has 0 aromatic heterocycles. The number of carbonyl (C=O) groups excluding carboxylic acids is 1. The number of carbonyl (C=O) groups is 1. The quantitative estimate of drug-likeness (QED) is 0.0228. The number of allylic oxidation sites excluding steroid dienone is 3. The summed E-state index contributed by atoms with van der Waals surface area (Å²) in [6, 6.07) is 0. The molecule has 5 saturated heterocycles. The van der Waals surface area contributed by atoms with Crippen LogP contribution in [-0.2, 0) is 105 Å². The fourth-order valence-corrected chi connectivity index (χ4v) is 18.6. The van der Waals surface area contributed by atoms with Gasteiger partial charge in [-0.25, -0.2) is 12.5 Å². The van der Waals surface area contributed by atoms with Gasteiger partial charge in [0.25, 0.3) is 0 Å². The third-order valence-corrected chi connectivity index (χ3v) is 24.2. The zero-order chi connectivity index (χ0) is 73.4. The summed E-state index contributed by atoms with van der Waals surface area (Å²) >= 11 is 0. The van der Waals surface area contributed by atoms with Gasteiger partial charge in [-0.05, 0) is 112 Å². The van der Waals surface area contributed by atoms with Gasteiger partial charge < -0.3 is 108 Å². The Bertz CT molecular complexity index is 3210. The maximum Gasteiger partial charge on any atom is 0.397 e. The molecule has 8 fully saturated rings. The number of esters is 1. The highest BCUT2D eigenvalue weighted by atomic mass is 32.3. The number of aliphatic hydroxyl groups is 10. The maximum atomic E-state index is 12.6. The van der Waals surface area contributed by atoms with Crippen LogP contribution in [0.4, 0.5) is 0 Å². The van der Waals surface area contributed by atoms with Gasteiger partial charge in [0, 0.05) is 20.5 Å². The lowest BCUT2D eigenvalue weighted by Gasteiger charge is -2.65. The van der Waals surface area contributed by atoms with Gasteiger partial charge in [0.15, 0.2) is 31.5 Å². The van der Waals surface area contributed by atoms with Crippen LogP contribution in [0.1, 0.15) is 121 Å². The first-order chi connectivity index (χ1) is 45.8. The maximum absolute atomic E-state index is 12.6. The molecule has 9 aliphatic rings. The number of hydrogen-bond donors (Lipinski definition) is 13. The van der Waals surface area contributed by atoms with Crippen molar-refractivity contribution in [2.24, 2.45) is 39.4 Å². The Balaban J connectivity index is 0.987. The smallest absolute Gasteiger partial charge is 0.397 e. The second kappa shape index (κ2) is 30.5. The van der Waals surface area contributed by atoms with Crippen molar-refractivity contribution in [2.75, 3.05) is 33.5 Å². The Hall–Kier alpha value is -2.28. The summed E-state index contributed by atoms with van der Waals surface area (Å²) in [5.74, 6) is -0.635. The molecule has 19 unspecified atom stereocenters. The van der Waals surface area contributed by atoms with E-state index in [1.54, 1.807) is 6.92 Å². The standard InChI is InChI=1S/C61H100O35S3/c1-26(2)12-15-38(88-28(4)62)61(10,72)36-17-21-59(8)30-13-14-35-57(5,6)37(18-19-58(35,7)29(30)16-20-60(36,59)9)91-55-50(42(67)34(23-84-55)96-99(79,80)81)95-56-51(94-52-43(68)39(64)31(63)22-83-52)44(69)47(27(3)87-56)92-54-46(71)49(41(66)33(90-54)25-86-98(76,77)78)93-53-45(70)48(82-11)40(65)32(89-53)24-85-97(73,74)75/h12,16,27,30-56,63-72H,13-15,17-25H2,1-11H3,(H,73,74,75)(H,76,77,78)(H,79,80,81)/t27?,30?,31-,32?,33?,34-,35?,36?,37?,38-,39?,40-,41-,42?,43?,44?,45?,46?,47-,48?,49?,50?,51?,52+,53+,54+,55+,56+,58?,59+,60?,61-/m1/s1. The Morgan fingerprint density at radius 3 is 1.75 bits per heavy atom. The lowest BCUT2D eigenvalue weighted by molar-refractivity contribution is -0.403. The Kier molecular flexibility index (Phi) is 24.9. The predicted octanol–water partition coefficient (Wildman–Crippen LogP) is -1.45. The van der Waals surface area contributed by atoms with Crippen molar-refractivity contribution in [3.8, 4) is 0 Å². The molecular weight excluding hydrogens is 1390 g/mol. The van der Waals surface area contributed by atoms with E-state index in [0.717, 1.165) is 31.9 Å². The van der Waals surface area contributed by atoms with Gasteiger partial charge in [0.05, 0.1) is 38.6 Å². The summed E-state index contributed by atoms with van der Waals surface area (Å²) < 4.78 is 186. The van der Waals surface area contributed by atoms with E-state index < -0.39 is 234 Å². The van der Waals surface area contributed by atoms with Gasteiger partial charge >= 0.3 is 37.2 Å². The van der Waals surface area contributed by atoms with Crippen molar-refractivity contribution >= 4 is 37.2 Å². The average Bonchev–Trinajstić information content (AvgIpc) is 1.64. The van der Waals surface area contributed by atoms with Gasteiger partial charge in [-0.3, -0.25) is 18.5 Å². The average molecular weight is 1490 g/mol. The van der Waals surface area contributed by atoms with E-state index in [1.807, 2.05) is 19.9 Å². The lowest BCUT2D eigenvalue weighted by Crippen LogP contribution is -2.68. The molecule has 38 heteroatoms. The summed E-state index contributed by atoms with van der Waals surface area (Å²) in [5, 5.41) is 115. The van der Waals surface area contributed by atoms with Crippen molar-refractivity contribution in [2.45, 2.75) is 280 Å². The van der Waals surface area contributed by atoms with Gasteiger partial charge in [-0.15, -0.1) is 0 Å². The molecule has 0 aromatic carbocycles. The molecule has 3 saturated carbocycles. The highest BCUT2D eigenvalue weighted by molar-refractivity contribution is 7.81. The summed E-state index contributed by atoms with van der Waals surface area (Å²) in [6.45, 7) is 15.5. The minimum absolute atomic E-state index is 0.0527. The number of fused-ring (bicyclic) bond motifs is 5. The van der Waals surface area contributed by atoms with Gasteiger partial charge in [0.2, 0.25) is 0 Å². The van der Waals surface area contributed by atoms with E-state index in [9.17, 15) is 94.8 Å². The van der Waals surface area contributed by atoms with Crippen LogP contribution in [0.2, 0.25) is 0 Å². The molecule has 0 radical (unpaired) electrons. The largest absolute Gasteiger partial charge is 0.459 e. The molecule has 32 atom stereocenters. The number of rotatable bonds is 24. The molecule has 99 heavy (non-hydrogen) atoms. The molecular formula is C61H100O35S3. The first-order valence-corrected chi connectivity index (χ1v) is 37.1. The predicted molar refractivity (Wildman–Crippen MR) is 331 cm³/mol. The number of methoxy groups -OCH3 is 1. The number of aliphatic hydroxyl groups excluding tert-OH is 9. The molecule has 0 aromatic rings. The lowest BCUT2D eigenvalue weighted by atomic mass is 9.41. The monoisotopic (exact) mass is 1490 g/mol. The van der Waals surface area contributed by atoms with Crippen LogP contribution in [0.25, 0.3) is 0 Å². The van der Waals surface area contributed by atoms with E-state index in [-0.39, 0.29) is 28.6 Å². The molecule has 5 aliphatic heterocycles.